The van der Waals surface area contributed by atoms with Gasteiger partial charge in [-0.15, -0.1) is 10.2 Å². The van der Waals surface area contributed by atoms with Crippen molar-refractivity contribution in [1.82, 2.24) is 14.8 Å². The third-order valence-corrected chi connectivity index (χ3v) is 5.58. The number of para-hydroxylation sites is 1. The average molecular weight is 437 g/mol. The van der Waals surface area contributed by atoms with E-state index in [1.54, 1.807) is 18.2 Å². The maximum atomic E-state index is 12.2. The van der Waals surface area contributed by atoms with E-state index in [0.717, 1.165) is 5.75 Å². The molecule has 0 spiro atoms. The summed E-state index contributed by atoms with van der Waals surface area (Å²) in [6.45, 7) is 1.91. The first-order valence-electron chi connectivity index (χ1n) is 8.42. The van der Waals surface area contributed by atoms with E-state index in [2.05, 4.69) is 15.5 Å². The molecule has 1 aromatic heterocycles. The molecular weight excluding hydrogens is 419 g/mol. The summed E-state index contributed by atoms with van der Waals surface area (Å²) in [7, 11) is 1.85. The van der Waals surface area contributed by atoms with Crippen LogP contribution in [0.5, 0.6) is 5.75 Å². The predicted molar refractivity (Wildman–Crippen MR) is 112 cm³/mol. The molecule has 1 atom stereocenters. The lowest BCUT2D eigenvalue weighted by molar-refractivity contribution is -0.113. The number of anilines is 1. The third-order valence-electron chi connectivity index (χ3n) is 3.82. The van der Waals surface area contributed by atoms with E-state index in [1.165, 1.54) is 11.8 Å². The quantitative estimate of drug-likeness (QED) is 0.528. The molecule has 3 aromatic rings. The number of hydrogen-bond acceptors (Lipinski definition) is 5. The van der Waals surface area contributed by atoms with E-state index < -0.39 is 0 Å². The molecular formula is C19H18Cl2N4O2S. The molecule has 0 radical (unpaired) electrons. The lowest BCUT2D eigenvalue weighted by Gasteiger charge is -2.14. The van der Waals surface area contributed by atoms with Gasteiger partial charge in [0.05, 0.1) is 15.8 Å². The van der Waals surface area contributed by atoms with Crippen LogP contribution in [0.4, 0.5) is 5.69 Å². The summed E-state index contributed by atoms with van der Waals surface area (Å²) in [6, 6.07) is 14.5. The lowest BCUT2D eigenvalue weighted by atomic mass is 10.3. The Labute approximate surface area is 177 Å². The van der Waals surface area contributed by atoms with Crippen molar-refractivity contribution in [1.29, 1.82) is 0 Å². The smallest absolute Gasteiger partial charge is 0.234 e. The van der Waals surface area contributed by atoms with Crippen LogP contribution in [0.1, 0.15) is 18.9 Å². The minimum absolute atomic E-state index is 0.179. The number of thioether (sulfide) groups is 1. The van der Waals surface area contributed by atoms with E-state index in [-0.39, 0.29) is 17.8 Å². The number of halogens is 2. The van der Waals surface area contributed by atoms with Crippen molar-refractivity contribution in [3.8, 4) is 5.75 Å². The largest absolute Gasteiger partial charge is 0.483 e. The van der Waals surface area contributed by atoms with Crippen LogP contribution in [-0.4, -0.2) is 26.4 Å². The molecule has 1 unspecified atom stereocenters. The molecule has 1 heterocycles. The number of carbonyl (C=O) groups is 1. The van der Waals surface area contributed by atoms with Gasteiger partial charge >= 0.3 is 0 Å². The van der Waals surface area contributed by atoms with Crippen LogP contribution in [0.3, 0.4) is 0 Å². The van der Waals surface area contributed by atoms with Gasteiger partial charge in [0, 0.05) is 12.7 Å². The molecule has 0 bridgehead atoms. The van der Waals surface area contributed by atoms with E-state index in [1.807, 2.05) is 48.9 Å². The van der Waals surface area contributed by atoms with Crippen molar-refractivity contribution >= 4 is 46.6 Å². The SMILES string of the molecule is CC(Oc1ccccc1)c1nnc(SCC(=O)Nc2ccc(Cl)c(Cl)c2)n1C. The topological polar surface area (TPSA) is 69.0 Å². The molecule has 28 heavy (non-hydrogen) atoms. The minimum atomic E-state index is -0.278. The Kier molecular flexibility index (Phi) is 6.83. The summed E-state index contributed by atoms with van der Waals surface area (Å²) < 4.78 is 7.71. The molecule has 0 saturated heterocycles. The molecule has 1 N–H and O–H groups in total. The zero-order chi connectivity index (χ0) is 20.1. The van der Waals surface area contributed by atoms with E-state index >= 15 is 0 Å². The van der Waals surface area contributed by atoms with Crippen LogP contribution in [-0.2, 0) is 11.8 Å². The second-order valence-electron chi connectivity index (χ2n) is 5.94. The summed E-state index contributed by atoms with van der Waals surface area (Å²) in [5.41, 5.74) is 0.587. The van der Waals surface area contributed by atoms with Crippen molar-refractivity contribution < 1.29 is 9.53 Å². The van der Waals surface area contributed by atoms with Gasteiger partial charge in [-0.25, -0.2) is 0 Å². The molecule has 0 fully saturated rings. The Hall–Kier alpha value is -2.22. The Balaban J connectivity index is 1.57. The number of ether oxygens (including phenoxy) is 1. The normalized spacial score (nSPS) is 11.9. The van der Waals surface area contributed by atoms with Crippen molar-refractivity contribution in [2.75, 3.05) is 11.1 Å². The second-order valence-corrected chi connectivity index (χ2v) is 7.70. The van der Waals surface area contributed by atoms with Crippen LogP contribution in [0.15, 0.2) is 53.7 Å². The predicted octanol–water partition coefficient (Wildman–Crippen LogP) is 4.99. The third kappa shape index (κ3) is 5.19. The van der Waals surface area contributed by atoms with Crippen LogP contribution < -0.4 is 10.1 Å². The number of nitrogens with one attached hydrogen (secondary N) is 1. The number of benzene rings is 2. The standard InChI is InChI=1S/C19H18Cl2N4O2S/c1-12(27-14-6-4-3-5-7-14)18-23-24-19(25(18)2)28-11-17(26)22-13-8-9-15(20)16(21)10-13/h3-10,12H,11H2,1-2H3,(H,22,26). The fourth-order valence-corrected chi connectivity index (χ4v) is 3.48. The summed E-state index contributed by atoms with van der Waals surface area (Å²) in [6.07, 6.45) is -0.278. The Morgan fingerprint density at radius 2 is 1.93 bits per heavy atom. The highest BCUT2D eigenvalue weighted by atomic mass is 35.5. The van der Waals surface area contributed by atoms with Crippen LogP contribution in [0.2, 0.25) is 10.0 Å². The van der Waals surface area contributed by atoms with Gasteiger partial charge in [0.2, 0.25) is 5.91 Å². The highest BCUT2D eigenvalue weighted by Gasteiger charge is 2.18. The first kappa shape index (κ1) is 20.5. The van der Waals surface area contributed by atoms with Crippen molar-refractivity contribution in [3.63, 3.8) is 0 Å². The van der Waals surface area contributed by atoms with E-state index in [0.29, 0.717) is 26.7 Å². The molecule has 0 aliphatic heterocycles. The maximum absolute atomic E-state index is 12.2. The van der Waals surface area contributed by atoms with Crippen LogP contribution in [0, 0.1) is 0 Å². The molecule has 3 rings (SSSR count). The molecule has 2 aromatic carbocycles. The number of aromatic nitrogens is 3. The molecule has 0 aliphatic rings. The lowest BCUT2D eigenvalue weighted by Crippen LogP contribution is -2.15. The zero-order valence-electron chi connectivity index (χ0n) is 15.2. The summed E-state index contributed by atoms with van der Waals surface area (Å²) >= 11 is 13.1. The number of amides is 1. The van der Waals surface area contributed by atoms with Gasteiger partial charge in [-0.2, -0.15) is 0 Å². The van der Waals surface area contributed by atoms with E-state index in [4.69, 9.17) is 27.9 Å². The van der Waals surface area contributed by atoms with Gasteiger partial charge in [-0.05, 0) is 37.3 Å². The van der Waals surface area contributed by atoms with Gasteiger partial charge in [-0.3, -0.25) is 4.79 Å². The van der Waals surface area contributed by atoms with Gasteiger partial charge in [0.25, 0.3) is 0 Å². The van der Waals surface area contributed by atoms with Gasteiger partial charge in [0.15, 0.2) is 17.1 Å². The molecule has 1 amide bonds. The molecule has 9 heteroatoms. The highest BCUT2D eigenvalue weighted by molar-refractivity contribution is 7.99. The summed E-state index contributed by atoms with van der Waals surface area (Å²) in [4.78, 5) is 12.2. The number of hydrogen-bond donors (Lipinski definition) is 1. The van der Waals surface area contributed by atoms with Crippen molar-refractivity contribution in [2.24, 2.45) is 7.05 Å². The first-order valence-corrected chi connectivity index (χ1v) is 10.2. The Morgan fingerprint density at radius 3 is 2.64 bits per heavy atom. The average Bonchev–Trinajstić information content (AvgIpc) is 3.04. The number of nitrogens with zero attached hydrogens (tertiary/aromatic N) is 3. The summed E-state index contributed by atoms with van der Waals surface area (Å²) in [5, 5.41) is 12.6. The van der Waals surface area contributed by atoms with Crippen molar-refractivity contribution in [3.05, 3.63) is 64.4 Å². The van der Waals surface area contributed by atoms with Crippen molar-refractivity contribution in [2.45, 2.75) is 18.2 Å². The molecule has 6 nitrogen and oxygen atoms in total. The first-order chi connectivity index (χ1) is 13.4. The second kappa shape index (κ2) is 9.32. The molecule has 146 valence electrons. The monoisotopic (exact) mass is 436 g/mol. The highest BCUT2D eigenvalue weighted by Crippen LogP contribution is 2.26. The van der Waals surface area contributed by atoms with Gasteiger partial charge in [0.1, 0.15) is 5.75 Å². The fraction of sp³-hybridized carbons (Fsp3) is 0.211. The molecule has 0 aliphatic carbocycles. The zero-order valence-corrected chi connectivity index (χ0v) is 17.6. The minimum Gasteiger partial charge on any atom is -0.483 e. The van der Waals surface area contributed by atoms with E-state index in [9.17, 15) is 4.79 Å². The van der Waals surface area contributed by atoms with Crippen LogP contribution >= 0.6 is 35.0 Å². The molecule has 0 saturated carbocycles. The Morgan fingerprint density at radius 1 is 1.18 bits per heavy atom. The maximum Gasteiger partial charge on any atom is 0.234 e. The summed E-state index contributed by atoms with van der Waals surface area (Å²) in [5.74, 6) is 1.44. The van der Waals surface area contributed by atoms with Gasteiger partial charge in [-0.1, -0.05) is 53.2 Å². The van der Waals surface area contributed by atoms with Gasteiger partial charge < -0.3 is 14.6 Å². The fourth-order valence-electron chi connectivity index (χ4n) is 2.46. The van der Waals surface area contributed by atoms with Crippen LogP contribution in [0.25, 0.3) is 0 Å². The Bertz CT molecular complexity index is 966. The number of rotatable bonds is 7. The number of carbonyl (C=O) groups excluding carboxylic acids is 1.